The zero-order chi connectivity index (χ0) is 22.3. The maximum Gasteiger partial charge on any atom is 0.309 e. The van der Waals surface area contributed by atoms with Crippen molar-refractivity contribution in [2.75, 3.05) is 13.2 Å². The Morgan fingerprint density at radius 3 is 2.43 bits per heavy atom. The molecule has 0 amide bonds. The van der Waals surface area contributed by atoms with Crippen LogP contribution in [0.5, 0.6) is 0 Å². The van der Waals surface area contributed by atoms with Crippen molar-refractivity contribution < 1.29 is 24.2 Å². The van der Waals surface area contributed by atoms with Gasteiger partial charge in [0.05, 0.1) is 5.92 Å². The first-order valence-corrected chi connectivity index (χ1v) is 11.6. The number of carbonyl (C=O) groups is 2. The Morgan fingerprint density at radius 2 is 1.77 bits per heavy atom. The van der Waals surface area contributed by atoms with Gasteiger partial charge < -0.3 is 14.6 Å². The average Bonchev–Trinajstić information content (AvgIpc) is 2.68. The molecule has 0 aromatic rings. The summed E-state index contributed by atoms with van der Waals surface area (Å²) in [5, 5.41) is 10.0. The summed E-state index contributed by atoms with van der Waals surface area (Å²) in [6.07, 6.45) is 8.05. The van der Waals surface area contributed by atoms with Crippen LogP contribution in [0.15, 0.2) is 11.6 Å². The minimum Gasteiger partial charge on any atom is -0.463 e. The molecule has 1 N–H and O–H groups in total. The van der Waals surface area contributed by atoms with Crippen molar-refractivity contribution in [2.45, 2.75) is 86.2 Å². The Labute approximate surface area is 181 Å². The molecule has 0 aromatic heterocycles. The number of hydrogen-bond acceptors (Lipinski definition) is 5. The molecule has 170 valence electrons. The number of rotatable bonds is 5. The highest BCUT2D eigenvalue weighted by Crippen LogP contribution is 2.71. The van der Waals surface area contributed by atoms with Crippen LogP contribution in [-0.4, -0.2) is 36.4 Å². The van der Waals surface area contributed by atoms with Crippen LogP contribution in [0.3, 0.4) is 0 Å². The van der Waals surface area contributed by atoms with Gasteiger partial charge in [0.1, 0.15) is 19.3 Å². The van der Waals surface area contributed by atoms with Gasteiger partial charge in [-0.25, -0.2) is 0 Å². The maximum absolute atomic E-state index is 13.3. The lowest BCUT2D eigenvalue weighted by Gasteiger charge is -2.67. The molecule has 0 bridgehead atoms. The van der Waals surface area contributed by atoms with Crippen molar-refractivity contribution in [3.63, 3.8) is 0 Å². The lowest BCUT2D eigenvalue weighted by atomic mass is 9.37. The van der Waals surface area contributed by atoms with E-state index in [2.05, 4.69) is 40.7 Å². The number of esters is 2. The third kappa shape index (κ3) is 3.72. The predicted molar refractivity (Wildman–Crippen MR) is 116 cm³/mol. The topological polar surface area (TPSA) is 72.8 Å². The van der Waals surface area contributed by atoms with Crippen LogP contribution in [0.1, 0.15) is 80.1 Å². The first-order chi connectivity index (χ1) is 14.0. The SMILES string of the molecule is CC(=O)OC[C@H](O)COC(=O)C1[C@H](C)CC[C@]2(C)[C@H]3CCC=C(C)[C@]3(C)CC[C@]12C. The second-order valence-electron chi connectivity index (χ2n) is 10.8. The fraction of sp³-hybridized carbons (Fsp3) is 0.840. The van der Waals surface area contributed by atoms with Crippen LogP contribution in [0.4, 0.5) is 0 Å². The zero-order valence-electron chi connectivity index (χ0n) is 19.6. The summed E-state index contributed by atoms with van der Waals surface area (Å²) in [7, 11) is 0. The Balaban J connectivity index is 1.80. The number of carbonyl (C=O) groups excluding carboxylic acids is 2. The van der Waals surface area contributed by atoms with E-state index in [1.165, 1.54) is 18.9 Å². The minimum atomic E-state index is -0.989. The monoisotopic (exact) mass is 420 g/mol. The summed E-state index contributed by atoms with van der Waals surface area (Å²) in [6, 6.07) is 0. The highest BCUT2D eigenvalue weighted by atomic mass is 16.6. The zero-order valence-corrected chi connectivity index (χ0v) is 19.6. The highest BCUT2D eigenvalue weighted by Gasteiger charge is 2.65. The third-order valence-corrected chi connectivity index (χ3v) is 9.34. The van der Waals surface area contributed by atoms with Crippen LogP contribution < -0.4 is 0 Å². The maximum atomic E-state index is 13.3. The lowest BCUT2D eigenvalue weighted by molar-refractivity contribution is -0.198. The molecule has 3 aliphatic rings. The van der Waals surface area contributed by atoms with E-state index in [4.69, 9.17) is 9.47 Å². The fourth-order valence-electron chi connectivity index (χ4n) is 7.20. The summed E-state index contributed by atoms with van der Waals surface area (Å²) in [5.74, 6) is 0.000862. The van der Waals surface area contributed by atoms with Gasteiger partial charge in [-0.05, 0) is 73.5 Å². The van der Waals surface area contributed by atoms with E-state index in [1.807, 2.05) is 0 Å². The number of allylic oxidation sites excluding steroid dienone is 2. The fourth-order valence-corrected chi connectivity index (χ4v) is 7.20. The number of fused-ring (bicyclic) bond motifs is 3. The quantitative estimate of drug-likeness (QED) is 0.517. The molecule has 0 saturated heterocycles. The number of ether oxygens (including phenoxy) is 2. The smallest absolute Gasteiger partial charge is 0.309 e. The molecular formula is C25H40O5. The van der Waals surface area contributed by atoms with Crippen LogP contribution in [-0.2, 0) is 19.1 Å². The standard InChI is InChI=1S/C25H40O5/c1-16-10-11-24(5)20-9-7-8-17(2)23(20,4)12-13-25(24,6)21(16)22(28)30-15-19(27)14-29-18(3)26/h8,16,19-21,27H,7,9-15H2,1-6H3/t16-,19+,20+,21?,23+,24-,25-/m1/s1. The second kappa shape index (κ2) is 8.29. The van der Waals surface area contributed by atoms with Gasteiger partial charge in [-0.1, -0.05) is 39.3 Å². The normalized spacial score (nSPS) is 41.7. The minimum absolute atomic E-state index is 0.0854. The van der Waals surface area contributed by atoms with Gasteiger partial charge in [0.15, 0.2) is 0 Å². The molecule has 3 rings (SSSR count). The molecular weight excluding hydrogens is 380 g/mol. The summed E-state index contributed by atoms with van der Waals surface area (Å²) in [4.78, 5) is 24.2. The molecule has 30 heavy (non-hydrogen) atoms. The largest absolute Gasteiger partial charge is 0.463 e. The van der Waals surface area contributed by atoms with E-state index in [0.717, 1.165) is 32.1 Å². The number of hydrogen-bond donors (Lipinski definition) is 1. The molecule has 5 heteroatoms. The predicted octanol–water partition coefficient (Wildman–Crippen LogP) is 4.67. The van der Waals surface area contributed by atoms with E-state index in [9.17, 15) is 14.7 Å². The molecule has 0 spiro atoms. The molecule has 0 aromatic carbocycles. The molecule has 3 aliphatic carbocycles. The molecule has 0 aliphatic heterocycles. The van der Waals surface area contributed by atoms with Crippen molar-refractivity contribution in [2.24, 2.45) is 34.0 Å². The summed E-state index contributed by atoms with van der Waals surface area (Å²) in [6.45, 7) is 12.7. The van der Waals surface area contributed by atoms with Crippen molar-refractivity contribution in [3.8, 4) is 0 Å². The Morgan fingerprint density at radius 1 is 1.10 bits per heavy atom. The van der Waals surface area contributed by atoms with E-state index < -0.39 is 12.1 Å². The van der Waals surface area contributed by atoms with Crippen LogP contribution >= 0.6 is 0 Å². The van der Waals surface area contributed by atoms with Gasteiger partial charge in [0, 0.05) is 6.92 Å². The Hall–Kier alpha value is -1.36. The molecule has 0 radical (unpaired) electrons. The second-order valence-corrected chi connectivity index (χ2v) is 10.8. The number of aliphatic hydroxyl groups is 1. The van der Waals surface area contributed by atoms with E-state index >= 15 is 0 Å². The average molecular weight is 421 g/mol. The van der Waals surface area contributed by atoms with Gasteiger partial charge in [0.25, 0.3) is 0 Å². The van der Waals surface area contributed by atoms with Crippen molar-refractivity contribution in [1.29, 1.82) is 0 Å². The highest BCUT2D eigenvalue weighted by molar-refractivity contribution is 5.74. The van der Waals surface area contributed by atoms with Crippen molar-refractivity contribution >= 4 is 11.9 Å². The number of aliphatic hydroxyl groups excluding tert-OH is 1. The summed E-state index contributed by atoms with van der Waals surface area (Å²) >= 11 is 0. The first-order valence-electron chi connectivity index (χ1n) is 11.6. The first kappa shape index (κ1) is 23.3. The van der Waals surface area contributed by atoms with Gasteiger partial charge in [0.2, 0.25) is 0 Å². The van der Waals surface area contributed by atoms with Gasteiger partial charge in [-0.3, -0.25) is 9.59 Å². The molecule has 5 nitrogen and oxygen atoms in total. The van der Waals surface area contributed by atoms with E-state index in [1.54, 1.807) is 0 Å². The van der Waals surface area contributed by atoms with Gasteiger partial charge in [-0.2, -0.15) is 0 Å². The lowest BCUT2D eigenvalue weighted by Crippen LogP contribution is -2.62. The van der Waals surface area contributed by atoms with Crippen molar-refractivity contribution in [3.05, 3.63) is 11.6 Å². The third-order valence-electron chi connectivity index (χ3n) is 9.34. The van der Waals surface area contributed by atoms with E-state index in [-0.39, 0.29) is 47.3 Å². The Bertz CT molecular complexity index is 714. The summed E-state index contributed by atoms with van der Waals surface area (Å²) < 4.78 is 10.4. The van der Waals surface area contributed by atoms with Crippen molar-refractivity contribution in [1.82, 2.24) is 0 Å². The molecule has 0 heterocycles. The van der Waals surface area contributed by atoms with Crippen LogP contribution in [0.25, 0.3) is 0 Å². The summed E-state index contributed by atoms with van der Waals surface area (Å²) in [5.41, 5.74) is 1.71. The van der Waals surface area contributed by atoms with Gasteiger partial charge >= 0.3 is 11.9 Å². The molecule has 2 fully saturated rings. The molecule has 1 unspecified atom stereocenters. The van der Waals surface area contributed by atoms with Gasteiger partial charge in [-0.15, -0.1) is 0 Å². The Kier molecular flexibility index (Phi) is 6.44. The molecule has 7 atom stereocenters. The van der Waals surface area contributed by atoms with E-state index in [0.29, 0.717) is 5.92 Å². The van der Waals surface area contributed by atoms with Crippen LogP contribution in [0, 0.1) is 34.0 Å². The molecule has 2 saturated carbocycles. The van der Waals surface area contributed by atoms with Crippen LogP contribution in [0.2, 0.25) is 0 Å².